The van der Waals surface area contributed by atoms with Crippen molar-refractivity contribution in [1.82, 2.24) is 14.7 Å². The predicted molar refractivity (Wildman–Crippen MR) is 122 cm³/mol. The van der Waals surface area contributed by atoms with Gasteiger partial charge in [-0.1, -0.05) is 17.3 Å². The number of aromatic nitrogens is 3. The Balaban J connectivity index is 1.27. The summed E-state index contributed by atoms with van der Waals surface area (Å²) in [6.07, 6.45) is 8.84. The molecule has 2 atom stereocenters. The van der Waals surface area contributed by atoms with E-state index in [2.05, 4.69) is 22.3 Å². The van der Waals surface area contributed by atoms with Crippen molar-refractivity contribution in [2.24, 2.45) is 0 Å². The molecule has 1 fully saturated rings. The Morgan fingerprint density at radius 2 is 2.09 bits per heavy atom. The molecule has 8 nitrogen and oxygen atoms in total. The van der Waals surface area contributed by atoms with E-state index in [9.17, 15) is 0 Å². The molecule has 0 radical (unpaired) electrons. The zero-order valence-electron chi connectivity index (χ0n) is 19.2. The Morgan fingerprint density at radius 3 is 2.88 bits per heavy atom. The summed E-state index contributed by atoms with van der Waals surface area (Å²) in [5, 5.41) is 13.1. The Hall–Kier alpha value is -2.68. The van der Waals surface area contributed by atoms with Gasteiger partial charge in [-0.25, -0.2) is 4.98 Å². The second-order valence-electron chi connectivity index (χ2n) is 8.34. The van der Waals surface area contributed by atoms with Crippen molar-refractivity contribution < 1.29 is 23.8 Å². The lowest BCUT2D eigenvalue weighted by molar-refractivity contribution is -0.188. The summed E-state index contributed by atoms with van der Waals surface area (Å²) in [4.78, 5) is 4.49. The first-order valence-electron chi connectivity index (χ1n) is 11.8. The van der Waals surface area contributed by atoms with Crippen molar-refractivity contribution in [1.29, 1.82) is 0 Å². The number of aryl methyl sites for hydroxylation is 2. The fourth-order valence-electron chi connectivity index (χ4n) is 3.92. The molecule has 1 aromatic carbocycles. The number of nitrogens with zero attached hydrogens (tertiary/aromatic N) is 3. The van der Waals surface area contributed by atoms with Crippen LogP contribution in [0, 0.1) is 0 Å². The first kappa shape index (κ1) is 23.5. The highest BCUT2D eigenvalue weighted by atomic mass is 16.7. The molecule has 3 aromatic rings. The minimum absolute atomic E-state index is 0.141. The Labute approximate surface area is 194 Å². The smallest absolute Gasteiger partial charge is 0.158 e. The van der Waals surface area contributed by atoms with Crippen LogP contribution < -0.4 is 4.74 Å². The normalized spacial score (nSPS) is 17.2. The second-order valence-corrected chi connectivity index (χ2v) is 8.34. The average molecular weight is 456 g/mol. The summed E-state index contributed by atoms with van der Waals surface area (Å²) in [5.41, 5.74) is 2.06. The number of imidazole rings is 1. The Morgan fingerprint density at radius 1 is 1.21 bits per heavy atom. The van der Waals surface area contributed by atoms with Crippen molar-refractivity contribution in [3.63, 3.8) is 0 Å². The van der Waals surface area contributed by atoms with Crippen LogP contribution in [0.2, 0.25) is 0 Å². The van der Waals surface area contributed by atoms with E-state index in [0.717, 1.165) is 61.7 Å². The maximum Gasteiger partial charge on any atom is 0.158 e. The lowest BCUT2D eigenvalue weighted by Crippen LogP contribution is -2.24. The van der Waals surface area contributed by atoms with Crippen molar-refractivity contribution in [3.8, 4) is 5.75 Å². The molecule has 4 rings (SSSR count). The van der Waals surface area contributed by atoms with Crippen LogP contribution in [-0.4, -0.2) is 45.9 Å². The van der Waals surface area contributed by atoms with Gasteiger partial charge in [0.25, 0.3) is 0 Å². The number of aliphatic hydroxyl groups is 1. The zero-order chi connectivity index (χ0) is 22.9. The minimum Gasteiger partial charge on any atom is -0.494 e. The molecule has 1 aliphatic rings. The maximum atomic E-state index is 8.83. The molecular formula is C25H33N3O5. The van der Waals surface area contributed by atoms with Crippen molar-refractivity contribution in [3.05, 3.63) is 65.6 Å². The van der Waals surface area contributed by atoms with Gasteiger partial charge >= 0.3 is 0 Å². The topological polar surface area (TPSA) is 91.8 Å². The molecule has 8 heteroatoms. The van der Waals surface area contributed by atoms with E-state index in [0.29, 0.717) is 19.6 Å². The van der Waals surface area contributed by atoms with E-state index in [1.807, 2.05) is 35.9 Å². The van der Waals surface area contributed by atoms with Gasteiger partial charge in [0.15, 0.2) is 6.29 Å². The summed E-state index contributed by atoms with van der Waals surface area (Å²) in [6.45, 7) is 4.01. The van der Waals surface area contributed by atoms with Crippen LogP contribution in [0.25, 0.3) is 0 Å². The third kappa shape index (κ3) is 6.90. The lowest BCUT2D eigenvalue weighted by atomic mass is 10.1. The lowest BCUT2D eigenvalue weighted by Gasteiger charge is -2.26. The monoisotopic (exact) mass is 455 g/mol. The van der Waals surface area contributed by atoms with Crippen molar-refractivity contribution >= 4 is 0 Å². The summed E-state index contributed by atoms with van der Waals surface area (Å²) < 4.78 is 25.0. The molecule has 1 saturated heterocycles. The molecular weight excluding hydrogens is 422 g/mol. The predicted octanol–water partition coefficient (Wildman–Crippen LogP) is 4.07. The van der Waals surface area contributed by atoms with E-state index < -0.39 is 0 Å². The van der Waals surface area contributed by atoms with Gasteiger partial charge in [0.05, 0.1) is 13.2 Å². The quantitative estimate of drug-likeness (QED) is 0.412. The van der Waals surface area contributed by atoms with Gasteiger partial charge in [-0.2, -0.15) is 0 Å². The summed E-state index contributed by atoms with van der Waals surface area (Å²) >= 11 is 0. The van der Waals surface area contributed by atoms with Gasteiger partial charge in [-0.15, -0.1) is 0 Å². The van der Waals surface area contributed by atoms with Gasteiger partial charge in [0.1, 0.15) is 29.1 Å². The van der Waals surface area contributed by atoms with E-state index in [1.165, 1.54) is 5.56 Å². The van der Waals surface area contributed by atoms with E-state index >= 15 is 0 Å². The van der Waals surface area contributed by atoms with Crippen LogP contribution >= 0.6 is 0 Å². The first-order chi connectivity index (χ1) is 16.2. The third-order valence-electron chi connectivity index (χ3n) is 5.70. The van der Waals surface area contributed by atoms with E-state index in [1.54, 1.807) is 6.20 Å². The average Bonchev–Trinajstić information content (AvgIpc) is 3.49. The van der Waals surface area contributed by atoms with Crippen LogP contribution in [0.4, 0.5) is 0 Å². The molecule has 0 spiro atoms. The number of rotatable bonds is 12. The molecule has 0 amide bonds. The summed E-state index contributed by atoms with van der Waals surface area (Å²) in [5.74, 6) is 2.53. The molecule has 1 unspecified atom stereocenters. The van der Waals surface area contributed by atoms with E-state index in [4.69, 9.17) is 23.8 Å². The molecule has 1 N–H and O–H groups in total. The molecule has 0 saturated carbocycles. The fourth-order valence-corrected chi connectivity index (χ4v) is 3.92. The SMILES string of the molecule is C[C@H](OC1CCCCO1)c1nccn1Cc1cc(CCc2ccc(OCCCO)cc2)on1. The standard InChI is InChI=1S/C25H33N3O5/c1-19(32-24-5-2-3-15-31-24)25-26-12-13-28(25)18-21-17-23(33-27-21)11-8-20-6-9-22(10-7-20)30-16-4-14-29/h6-7,9-10,12-13,17,19,24,29H,2-5,8,11,14-16,18H2,1H3/t19-,24?/m0/s1. The fraction of sp³-hybridized carbons (Fsp3) is 0.520. The van der Waals surface area contributed by atoms with Crippen LogP contribution in [0.3, 0.4) is 0 Å². The number of aliphatic hydroxyl groups excluding tert-OH is 1. The highest BCUT2D eigenvalue weighted by molar-refractivity contribution is 5.27. The highest BCUT2D eigenvalue weighted by Crippen LogP contribution is 2.23. The van der Waals surface area contributed by atoms with Gasteiger partial charge in [0.2, 0.25) is 0 Å². The van der Waals surface area contributed by atoms with Gasteiger partial charge in [-0.05, 0) is 50.3 Å². The molecule has 33 heavy (non-hydrogen) atoms. The summed E-state index contributed by atoms with van der Waals surface area (Å²) in [7, 11) is 0. The number of ether oxygens (including phenoxy) is 3. The molecule has 1 aliphatic heterocycles. The number of hydrogen-bond donors (Lipinski definition) is 1. The van der Waals surface area contributed by atoms with Gasteiger partial charge in [-0.3, -0.25) is 0 Å². The molecule has 0 aliphatic carbocycles. The highest BCUT2D eigenvalue weighted by Gasteiger charge is 2.21. The number of benzene rings is 1. The van der Waals surface area contributed by atoms with Crippen molar-refractivity contribution in [2.45, 2.75) is 64.4 Å². The Bertz CT molecular complexity index is 963. The summed E-state index contributed by atoms with van der Waals surface area (Å²) in [6, 6.07) is 10.0. The van der Waals surface area contributed by atoms with Crippen LogP contribution in [0.15, 0.2) is 47.2 Å². The minimum atomic E-state index is -0.162. The van der Waals surface area contributed by atoms with Crippen molar-refractivity contribution in [2.75, 3.05) is 19.8 Å². The van der Waals surface area contributed by atoms with Crippen LogP contribution in [0.5, 0.6) is 5.75 Å². The maximum absolute atomic E-state index is 8.83. The molecule has 2 aromatic heterocycles. The molecule has 3 heterocycles. The number of hydrogen-bond acceptors (Lipinski definition) is 7. The zero-order valence-corrected chi connectivity index (χ0v) is 19.2. The van der Waals surface area contributed by atoms with Crippen LogP contribution in [0.1, 0.15) is 61.6 Å². The van der Waals surface area contributed by atoms with Gasteiger partial charge < -0.3 is 28.4 Å². The molecule has 0 bridgehead atoms. The third-order valence-corrected chi connectivity index (χ3v) is 5.70. The Kier molecular flexibility index (Phi) is 8.52. The second kappa shape index (κ2) is 12.0. The van der Waals surface area contributed by atoms with Gasteiger partial charge in [0, 0.05) is 44.5 Å². The molecule has 178 valence electrons. The largest absolute Gasteiger partial charge is 0.494 e. The van der Waals surface area contributed by atoms with Crippen LogP contribution in [-0.2, 0) is 28.9 Å². The first-order valence-corrected chi connectivity index (χ1v) is 11.8. The van der Waals surface area contributed by atoms with E-state index in [-0.39, 0.29) is 19.0 Å².